The van der Waals surface area contributed by atoms with Crippen molar-refractivity contribution in [2.45, 2.75) is 25.9 Å². The summed E-state index contributed by atoms with van der Waals surface area (Å²) in [5.74, 6) is 0.342. The molecule has 78 valence electrons. The molecule has 0 atom stereocenters. The lowest BCUT2D eigenvalue weighted by Crippen LogP contribution is -2.11. The fourth-order valence-corrected chi connectivity index (χ4v) is 1.02. The number of aromatic nitrogens is 2. The van der Waals surface area contributed by atoms with Gasteiger partial charge in [0.1, 0.15) is 11.6 Å². The van der Waals surface area contributed by atoms with Gasteiger partial charge in [0.05, 0.1) is 6.42 Å². The molecule has 14 heavy (non-hydrogen) atoms. The summed E-state index contributed by atoms with van der Waals surface area (Å²) in [6.07, 6.45) is -5.33. The van der Waals surface area contributed by atoms with Gasteiger partial charge in [0.2, 0.25) is 0 Å². The molecule has 0 radical (unpaired) electrons. The number of nitrogens with zero attached hydrogens (tertiary/aromatic N) is 2. The number of anilines is 1. The average molecular weight is 205 g/mol. The molecule has 0 amide bonds. The smallest absolute Gasteiger partial charge is 0.384 e. The second-order valence-corrected chi connectivity index (χ2v) is 2.97. The quantitative estimate of drug-likeness (QED) is 0.801. The van der Waals surface area contributed by atoms with Crippen LogP contribution in [0.15, 0.2) is 6.07 Å². The molecule has 0 aliphatic carbocycles. The van der Waals surface area contributed by atoms with E-state index in [4.69, 9.17) is 5.73 Å². The summed E-state index contributed by atoms with van der Waals surface area (Å²) in [5.41, 5.74) is 5.94. The molecule has 1 aromatic heterocycles. The first-order chi connectivity index (χ1) is 6.37. The van der Waals surface area contributed by atoms with Crippen molar-refractivity contribution in [2.24, 2.45) is 0 Å². The maximum absolute atomic E-state index is 11.9. The van der Waals surface area contributed by atoms with Crippen LogP contribution in [-0.4, -0.2) is 16.1 Å². The lowest BCUT2D eigenvalue weighted by Gasteiger charge is -2.05. The van der Waals surface area contributed by atoms with E-state index in [1.807, 2.05) is 0 Å². The van der Waals surface area contributed by atoms with E-state index in [-0.39, 0.29) is 18.1 Å². The minimum absolute atomic E-state index is 0.139. The van der Waals surface area contributed by atoms with Gasteiger partial charge in [0.15, 0.2) is 0 Å². The highest BCUT2D eigenvalue weighted by Crippen LogP contribution is 2.21. The van der Waals surface area contributed by atoms with Crippen LogP contribution in [0.1, 0.15) is 17.9 Å². The van der Waals surface area contributed by atoms with Crippen molar-refractivity contribution >= 4 is 5.82 Å². The Morgan fingerprint density at radius 2 is 2.00 bits per heavy atom. The Morgan fingerprint density at radius 1 is 1.36 bits per heavy atom. The van der Waals surface area contributed by atoms with Crippen LogP contribution in [0.25, 0.3) is 0 Å². The zero-order chi connectivity index (χ0) is 10.8. The molecule has 3 nitrogen and oxygen atoms in total. The molecule has 0 fully saturated rings. The average Bonchev–Trinajstić information content (AvgIpc) is 1.97. The maximum atomic E-state index is 11.9. The third-order valence-electron chi connectivity index (χ3n) is 1.55. The molecule has 0 aliphatic rings. The number of nitrogens with two attached hydrogens (primary N) is 1. The van der Waals surface area contributed by atoms with Gasteiger partial charge in [-0.1, -0.05) is 0 Å². The molecule has 1 heterocycles. The van der Waals surface area contributed by atoms with E-state index in [1.165, 1.54) is 6.07 Å². The lowest BCUT2D eigenvalue weighted by molar-refractivity contribution is -0.134. The predicted molar refractivity (Wildman–Crippen MR) is 45.6 cm³/mol. The zero-order valence-corrected chi connectivity index (χ0v) is 7.60. The Bertz CT molecular complexity index is 302. The highest BCUT2D eigenvalue weighted by molar-refractivity contribution is 5.29. The first-order valence-corrected chi connectivity index (χ1v) is 4.03. The number of halogens is 3. The summed E-state index contributed by atoms with van der Waals surface area (Å²) >= 11 is 0. The molecule has 1 aromatic rings. The molecule has 0 aliphatic heterocycles. The van der Waals surface area contributed by atoms with Crippen LogP contribution >= 0.6 is 0 Å². The van der Waals surface area contributed by atoms with E-state index in [0.29, 0.717) is 5.69 Å². The molecule has 6 heteroatoms. The van der Waals surface area contributed by atoms with Crippen LogP contribution in [0.3, 0.4) is 0 Å². The van der Waals surface area contributed by atoms with E-state index in [9.17, 15) is 13.2 Å². The fraction of sp³-hybridized carbons (Fsp3) is 0.500. The minimum atomic E-state index is -4.18. The van der Waals surface area contributed by atoms with Crippen molar-refractivity contribution in [1.82, 2.24) is 9.97 Å². The number of hydrogen-bond donors (Lipinski definition) is 1. The van der Waals surface area contributed by atoms with E-state index >= 15 is 0 Å². The van der Waals surface area contributed by atoms with E-state index in [2.05, 4.69) is 9.97 Å². The van der Waals surface area contributed by atoms with E-state index < -0.39 is 12.6 Å². The summed E-state index contributed by atoms with van der Waals surface area (Å²) in [4.78, 5) is 7.55. The van der Waals surface area contributed by atoms with Crippen molar-refractivity contribution < 1.29 is 13.2 Å². The molecule has 0 spiro atoms. The molecule has 0 saturated heterocycles. The zero-order valence-electron chi connectivity index (χ0n) is 7.60. The molecular formula is C8H10F3N3. The molecule has 0 saturated carbocycles. The SMILES string of the molecule is Cc1cc(N)nc(CCC(F)(F)F)n1. The summed E-state index contributed by atoms with van der Waals surface area (Å²) in [6.45, 7) is 1.66. The monoisotopic (exact) mass is 205 g/mol. The van der Waals surface area contributed by atoms with Gasteiger partial charge in [0, 0.05) is 18.2 Å². The number of hydrogen-bond acceptors (Lipinski definition) is 3. The molecule has 0 aromatic carbocycles. The fourth-order valence-electron chi connectivity index (χ4n) is 1.02. The van der Waals surface area contributed by atoms with Gasteiger partial charge in [-0.3, -0.25) is 0 Å². The summed E-state index contributed by atoms with van der Waals surface area (Å²) in [7, 11) is 0. The minimum Gasteiger partial charge on any atom is -0.384 e. The molecule has 0 bridgehead atoms. The first kappa shape index (κ1) is 10.7. The van der Waals surface area contributed by atoms with Gasteiger partial charge in [-0.05, 0) is 6.92 Å². The third-order valence-corrected chi connectivity index (χ3v) is 1.55. The highest BCUT2D eigenvalue weighted by atomic mass is 19.4. The van der Waals surface area contributed by atoms with Gasteiger partial charge in [-0.15, -0.1) is 0 Å². The van der Waals surface area contributed by atoms with Gasteiger partial charge in [0.25, 0.3) is 0 Å². The van der Waals surface area contributed by atoms with Crippen molar-refractivity contribution in [3.8, 4) is 0 Å². The molecule has 1 rings (SSSR count). The lowest BCUT2D eigenvalue weighted by atomic mass is 10.3. The predicted octanol–water partition coefficient (Wildman–Crippen LogP) is 1.86. The number of alkyl halides is 3. The van der Waals surface area contributed by atoms with E-state index in [0.717, 1.165) is 0 Å². The third kappa shape index (κ3) is 3.59. The van der Waals surface area contributed by atoms with Crippen LogP contribution in [0.5, 0.6) is 0 Å². The van der Waals surface area contributed by atoms with Crippen LogP contribution in [0, 0.1) is 6.92 Å². The second kappa shape index (κ2) is 3.81. The number of aryl methyl sites for hydroxylation is 2. The summed E-state index contributed by atoms with van der Waals surface area (Å²) < 4.78 is 35.6. The van der Waals surface area contributed by atoms with Crippen LogP contribution in [0.2, 0.25) is 0 Å². The standard InChI is InChI=1S/C8H10F3N3/c1-5-4-6(12)14-7(13-5)2-3-8(9,10)11/h4H,2-3H2,1H3,(H2,12,13,14). The van der Waals surface area contributed by atoms with Crippen molar-refractivity contribution in [3.05, 3.63) is 17.6 Å². The van der Waals surface area contributed by atoms with Crippen molar-refractivity contribution in [1.29, 1.82) is 0 Å². The number of rotatable bonds is 2. The Kier molecular flexibility index (Phi) is 2.93. The highest BCUT2D eigenvalue weighted by Gasteiger charge is 2.27. The Labute approximate surface area is 79.2 Å². The topological polar surface area (TPSA) is 51.8 Å². The van der Waals surface area contributed by atoms with Gasteiger partial charge in [-0.25, -0.2) is 9.97 Å². The molecular weight excluding hydrogens is 195 g/mol. The van der Waals surface area contributed by atoms with Crippen molar-refractivity contribution in [3.63, 3.8) is 0 Å². The maximum Gasteiger partial charge on any atom is 0.389 e. The van der Waals surface area contributed by atoms with Crippen LogP contribution in [0.4, 0.5) is 19.0 Å². The molecule has 0 unspecified atom stereocenters. The Hall–Kier alpha value is -1.33. The van der Waals surface area contributed by atoms with Crippen molar-refractivity contribution in [2.75, 3.05) is 5.73 Å². The summed E-state index contributed by atoms with van der Waals surface area (Å²) in [5, 5.41) is 0. The Morgan fingerprint density at radius 3 is 2.50 bits per heavy atom. The van der Waals surface area contributed by atoms with Crippen LogP contribution in [-0.2, 0) is 6.42 Å². The van der Waals surface area contributed by atoms with Gasteiger partial charge >= 0.3 is 6.18 Å². The second-order valence-electron chi connectivity index (χ2n) is 2.97. The van der Waals surface area contributed by atoms with Crippen LogP contribution < -0.4 is 5.73 Å². The van der Waals surface area contributed by atoms with Gasteiger partial charge < -0.3 is 5.73 Å². The largest absolute Gasteiger partial charge is 0.389 e. The normalized spacial score (nSPS) is 11.7. The number of nitrogen functional groups attached to an aromatic ring is 1. The van der Waals surface area contributed by atoms with E-state index in [1.54, 1.807) is 6.92 Å². The Balaban J connectivity index is 2.68. The van der Waals surface area contributed by atoms with Gasteiger partial charge in [-0.2, -0.15) is 13.2 Å². The molecule has 2 N–H and O–H groups in total. The first-order valence-electron chi connectivity index (χ1n) is 4.03. The summed E-state index contributed by atoms with van der Waals surface area (Å²) in [6, 6.07) is 1.51.